The highest BCUT2D eigenvalue weighted by Crippen LogP contribution is 2.10. The Hall–Kier alpha value is -0.810. The number of hydrogen-bond donors (Lipinski definition) is 2. The molecule has 1 aliphatic rings. The Labute approximate surface area is 110 Å². The lowest BCUT2D eigenvalue weighted by molar-refractivity contribution is -0.0318. The Morgan fingerprint density at radius 3 is 2.67 bits per heavy atom. The van der Waals surface area contributed by atoms with Crippen molar-refractivity contribution in [3.63, 3.8) is 0 Å². The van der Waals surface area contributed by atoms with E-state index in [0.717, 1.165) is 39.1 Å². The van der Waals surface area contributed by atoms with E-state index in [-0.39, 0.29) is 5.54 Å². The van der Waals surface area contributed by atoms with Gasteiger partial charge in [0.2, 0.25) is 0 Å². The van der Waals surface area contributed by atoms with Crippen molar-refractivity contribution < 1.29 is 9.47 Å². The molecule has 1 fully saturated rings. The molecule has 0 atom stereocenters. The van der Waals surface area contributed by atoms with Gasteiger partial charge >= 0.3 is 0 Å². The molecule has 0 aliphatic carbocycles. The van der Waals surface area contributed by atoms with Crippen LogP contribution in [0.1, 0.15) is 40.0 Å². The van der Waals surface area contributed by atoms with Crippen molar-refractivity contribution in [3.05, 3.63) is 0 Å². The number of hydrogen-bond acceptors (Lipinski definition) is 3. The fraction of sp³-hybridized carbons (Fsp3) is 0.923. The van der Waals surface area contributed by atoms with Crippen LogP contribution in [0.25, 0.3) is 0 Å². The number of nitrogens with two attached hydrogens (primary N) is 1. The van der Waals surface area contributed by atoms with Crippen LogP contribution in [-0.2, 0) is 9.47 Å². The normalized spacial score (nSPS) is 18.9. The molecule has 0 spiro atoms. The molecule has 0 saturated carbocycles. The van der Waals surface area contributed by atoms with Gasteiger partial charge in [-0.2, -0.15) is 0 Å². The molecule has 0 unspecified atom stereocenters. The second kappa shape index (κ2) is 7.59. The average Bonchev–Trinajstić information content (AvgIpc) is 2.27. The summed E-state index contributed by atoms with van der Waals surface area (Å²) in [5.41, 5.74) is 5.73. The van der Waals surface area contributed by atoms with Crippen molar-refractivity contribution in [3.8, 4) is 0 Å². The van der Waals surface area contributed by atoms with Crippen LogP contribution in [0.3, 0.4) is 0 Å². The van der Waals surface area contributed by atoms with Crippen LogP contribution in [0.15, 0.2) is 4.99 Å². The summed E-state index contributed by atoms with van der Waals surface area (Å²) in [5.74, 6) is 0.508. The van der Waals surface area contributed by atoms with Gasteiger partial charge in [-0.15, -0.1) is 0 Å². The Morgan fingerprint density at radius 2 is 2.06 bits per heavy atom. The highest BCUT2D eigenvalue weighted by atomic mass is 16.5. The Kier molecular flexibility index (Phi) is 6.43. The zero-order valence-electron chi connectivity index (χ0n) is 11.9. The van der Waals surface area contributed by atoms with Gasteiger partial charge in [0.25, 0.3) is 0 Å². The second-order valence-corrected chi connectivity index (χ2v) is 5.68. The summed E-state index contributed by atoms with van der Waals surface area (Å²) >= 11 is 0. The lowest BCUT2D eigenvalue weighted by Gasteiger charge is -2.22. The van der Waals surface area contributed by atoms with E-state index in [9.17, 15) is 0 Å². The standard InChI is InChI=1S/C13H27N3O2/c1-13(2,3)16-12(14)15-7-4-8-18-11-5-9-17-10-6-11/h11H,4-10H2,1-3H3,(H3,14,15,16). The van der Waals surface area contributed by atoms with E-state index in [1.165, 1.54) is 0 Å². The molecule has 1 rings (SSSR count). The number of aliphatic imine (C=N–C) groups is 1. The molecule has 0 aromatic carbocycles. The number of ether oxygens (including phenoxy) is 2. The fourth-order valence-corrected chi connectivity index (χ4v) is 1.78. The van der Waals surface area contributed by atoms with Gasteiger partial charge in [0.05, 0.1) is 6.10 Å². The summed E-state index contributed by atoms with van der Waals surface area (Å²) in [5, 5.41) is 3.13. The molecule has 5 heteroatoms. The van der Waals surface area contributed by atoms with Crippen molar-refractivity contribution in [1.82, 2.24) is 5.32 Å². The van der Waals surface area contributed by atoms with Crippen molar-refractivity contribution in [1.29, 1.82) is 0 Å². The van der Waals surface area contributed by atoms with Crippen LogP contribution in [-0.4, -0.2) is 44.0 Å². The summed E-state index contributed by atoms with van der Waals surface area (Å²) in [6.45, 7) is 9.28. The van der Waals surface area contributed by atoms with Crippen LogP contribution in [0, 0.1) is 0 Å². The smallest absolute Gasteiger partial charge is 0.188 e. The zero-order chi connectivity index (χ0) is 13.4. The maximum atomic E-state index is 5.77. The van der Waals surface area contributed by atoms with E-state index in [1.54, 1.807) is 0 Å². The number of nitrogens with one attached hydrogen (secondary N) is 1. The molecule has 0 amide bonds. The summed E-state index contributed by atoms with van der Waals surface area (Å²) in [6.07, 6.45) is 3.30. The molecular formula is C13H27N3O2. The average molecular weight is 257 g/mol. The Balaban J connectivity index is 2.05. The largest absolute Gasteiger partial charge is 0.381 e. The molecule has 106 valence electrons. The summed E-state index contributed by atoms with van der Waals surface area (Å²) in [7, 11) is 0. The van der Waals surface area contributed by atoms with Gasteiger partial charge in [0, 0.05) is 31.9 Å². The van der Waals surface area contributed by atoms with Crippen LogP contribution in [0.4, 0.5) is 0 Å². The van der Waals surface area contributed by atoms with E-state index in [4.69, 9.17) is 15.2 Å². The maximum Gasteiger partial charge on any atom is 0.188 e. The van der Waals surface area contributed by atoms with Gasteiger partial charge < -0.3 is 20.5 Å². The zero-order valence-corrected chi connectivity index (χ0v) is 11.9. The van der Waals surface area contributed by atoms with Gasteiger partial charge in [-0.3, -0.25) is 4.99 Å². The van der Waals surface area contributed by atoms with Gasteiger partial charge in [-0.05, 0) is 40.0 Å². The van der Waals surface area contributed by atoms with Crippen molar-refractivity contribution >= 4 is 5.96 Å². The molecule has 5 nitrogen and oxygen atoms in total. The third kappa shape index (κ3) is 7.50. The van der Waals surface area contributed by atoms with E-state index >= 15 is 0 Å². The third-order valence-electron chi connectivity index (χ3n) is 2.61. The topological polar surface area (TPSA) is 68.9 Å². The fourth-order valence-electron chi connectivity index (χ4n) is 1.78. The molecular weight excluding hydrogens is 230 g/mol. The van der Waals surface area contributed by atoms with E-state index in [0.29, 0.717) is 18.6 Å². The molecule has 1 heterocycles. The van der Waals surface area contributed by atoms with Crippen LogP contribution in [0.2, 0.25) is 0 Å². The first-order valence-electron chi connectivity index (χ1n) is 6.75. The molecule has 18 heavy (non-hydrogen) atoms. The minimum Gasteiger partial charge on any atom is -0.381 e. The second-order valence-electron chi connectivity index (χ2n) is 5.68. The predicted octanol–water partition coefficient (Wildman–Crippen LogP) is 1.27. The minimum absolute atomic E-state index is 0.0355. The van der Waals surface area contributed by atoms with Crippen molar-refractivity contribution in [2.45, 2.75) is 51.7 Å². The molecule has 0 aromatic rings. The van der Waals surface area contributed by atoms with Gasteiger partial charge in [0.15, 0.2) is 5.96 Å². The number of guanidine groups is 1. The van der Waals surface area contributed by atoms with E-state index in [2.05, 4.69) is 31.1 Å². The van der Waals surface area contributed by atoms with Gasteiger partial charge in [-0.25, -0.2) is 0 Å². The van der Waals surface area contributed by atoms with Gasteiger partial charge in [0.1, 0.15) is 0 Å². The molecule has 1 saturated heterocycles. The summed E-state index contributed by atoms with van der Waals surface area (Å²) in [6, 6.07) is 0. The first-order chi connectivity index (χ1) is 8.47. The van der Waals surface area contributed by atoms with Gasteiger partial charge in [-0.1, -0.05) is 0 Å². The molecule has 0 radical (unpaired) electrons. The SMILES string of the molecule is CC(C)(C)NC(N)=NCCCOC1CCOCC1. The Morgan fingerprint density at radius 1 is 1.39 bits per heavy atom. The first kappa shape index (κ1) is 15.2. The molecule has 1 aliphatic heterocycles. The summed E-state index contributed by atoms with van der Waals surface area (Å²) < 4.78 is 11.0. The Bertz CT molecular complexity index is 255. The third-order valence-corrected chi connectivity index (χ3v) is 2.61. The highest BCUT2D eigenvalue weighted by molar-refractivity contribution is 5.78. The van der Waals surface area contributed by atoms with Crippen LogP contribution < -0.4 is 11.1 Å². The lowest BCUT2D eigenvalue weighted by atomic mass is 10.1. The lowest BCUT2D eigenvalue weighted by Crippen LogP contribution is -2.45. The predicted molar refractivity (Wildman–Crippen MR) is 73.8 cm³/mol. The van der Waals surface area contributed by atoms with Crippen molar-refractivity contribution in [2.24, 2.45) is 10.7 Å². The quantitative estimate of drug-likeness (QED) is 0.442. The molecule has 0 aromatic heterocycles. The minimum atomic E-state index is -0.0355. The van der Waals surface area contributed by atoms with E-state index < -0.39 is 0 Å². The molecule has 0 bridgehead atoms. The maximum absolute atomic E-state index is 5.77. The first-order valence-corrected chi connectivity index (χ1v) is 6.75. The highest BCUT2D eigenvalue weighted by Gasteiger charge is 2.13. The van der Waals surface area contributed by atoms with Crippen LogP contribution >= 0.6 is 0 Å². The summed E-state index contributed by atoms with van der Waals surface area (Å²) in [4.78, 5) is 4.27. The number of rotatable bonds is 5. The number of nitrogens with zero attached hydrogens (tertiary/aromatic N) is 1. The van der Waals surface area contributed by atoms with Crippen LogP contribution in [0.5, 0.6) is 0 Å². The van der Waals surface area contributed by atoms with Crippen molar-refractivity contribution in [2.75, 3.05) is 26.4 Å². The monoisotopic (exact) mass is 257 g/mol. The molecule has 3 N–H and O–H groups in total. The van der Waals surface area contributed by atoms with E-state index in [1.807, 2.05) is 0 Å².